The van der Waals surface area contributed by atoms with E-state index in [9.17, 15) is 0 Å². The first kappa shape index (κ1) is 3.63. The molecular formula is C4H4NO. The van der Waals surface area contributed by atoms with E-state index in [0.29, 0.717) is 0 Å². The molecule has 0 N–H and O–H groups in total. The molecule has 1 heterocycles. The lowest BCUT2D eigenvalue weighted by atomic mass is 10.2. The first-order chi connectivity index (χ1) is 2.93. The molecule has 2 heteroatoms. The fraction of sp³-hybridized carbons (Fsp3) is 0.500. The maximum absolute atomic E-state index is 7.99. The van der Waals surface area contributed by atoms with Gasteiger partial charge in [0, 0.05) is 6.42 Å². The van der Waals surface area contributed by atoms with Crippen LogP contribution in [0.15, 0.2) is 0 Å². The van der Waals surface area contributed by atoms with Crippen LogP contribution in [-0.2, 0) is 4.74 Å². The molecule has 31 valence electrons. The first-order valence-corrected chi connectivity index (χ1v) is 1.80. The van der Waals surface area contributed by atoms with Gasteiger partial charge in [0.25, 0.3) is 0 Å². The van der Waals surface area contributed by atoms with Gasteiger partial charge >= 0.3 is 0 Å². The highest BCUT2D eigenvalue weighted by Crippen LogP contribution is 2.12. The van der Waals surface area contributed by atoms with E-state index in [1.165, 1.54) is 0 Å². The Hall–Kier alpha value is -0.550. The molecule has 2 nitrogen and oxygen atoms in total. The van der Waals surface area contributed by atoms with Gasteiger partial charge < -0.3 is 4.74 Å². The molecule has 0 bridgehead atoms. The Kier molecular flexibility index (Phi) is 0.771. The smallest absolute Gasteiger partial charge is 0.147 e. The number of ether oxygens (including phenoxy) is 1. The van der Waals surface area contributed by atoms with Crippen LogP contribution in [0.1, 0.15) is 6.42 Å². The molecule has 0 spiro atoms. The van der Waals surface area contributed by atoms with Crippen molar-refractivity contribution >= 4 is 0 Å². The van der Waals surface area contributed by atoms with Crippen LogP contribution in [0.2, 0.25) is 0 Å². The van der Waals surface area contributed by atoms with E-state index >= 15 is 0 Å². The molecule has 1 atom stereocenters. The van der Waals surface area contributed by atoms with E-state index in [2.05, 4.69) is 4.74 Å². The molecule has 1 saturated heterocycles. The molecule has 1 rings (SSSR count). The van der Waals surface area contributed by atoms with E-state index in [4.69, 9.17) is 5.26 Å². The van der Waals surface area contributed by atoms with Crippen molar-refractivity contribution in [2.75, 3.05) is 0 Å². The molecule has 0 amide bonds. The zero-order valence-corrected chi connectivity index (χ0v) is 3.22. The van der Waals surface area contributed by atoms with Crippen molar-refractivity contribution in [3.05, 3.63) is 6.61 Å². The third-order valence-electron chi connectivity index (χ3n) is 0.715. The van der Waals surface area contributed by atoms with Crippen molar-refractivity contribution in [2.24, 2.45) is 0 Å². The van der Waals surface area contributed by atoms with Crippen molar-refractivity contribution in [1.29, 1.82) is 5.26 Å². The Morgan fingerprint density at radius 2 is 2.67 bits per heavy atom. The summed E-state index contributed by atoms with van der Waals surface area (Å²) in [5, 5.41) is 7.99. The average Bonchev–Trinajstić information content (AvgIpc) is 1.31. The fourth-order valence-corrected chi connectivity index (χ4v) is 0.276. The van der Waals surface area contributed by atoms with E-state index in [1.54, 1.807) is 6.61 Å². The van der Waals surface area contributed by atoms with E-state index in [-0.39, 0.29) is 6.10 Å². The van der Waals surface area contributed by atoms with Crippen molar-refractivity contribution in [3.8, 4) is 6.07 Å². The summed E-state index contributed by atoms with van der Waals surface area (Å²) >= 11 is 0. The van der Waals surface area contributed by atoms with E-state index in [1.807, 2.05) is 6.07 Å². The van der Waals surface area contributed by atoms with Gasteiger partial charge in [0.1, 0.15) is 6.10 Å². The molecule has 1 radical (unpaired) electrons. The number of hydrogen-bond acceptors (Lipinski definition) is 2. The molecule has 0 aromatic carbocycles. The van der Waals surface area contributed by atoms with Gasteiger partial charge in [-0.3, -0.25) is 0 Å². The number of nitrogens with zero attached hydrogens (tertiary/aromatic N) is 1. The first-order valence-electron chi connectivity index (χ1n) is 1.80. The van der Waals surface area contributed by atoms with Crippen LogP contribution in [0.25, 0.3) is 0 Å². The molecule has 1 fully saturated rings. The second-order valence-corrected chi connectivity index (χ2v) is 1.16. The zero-order valence-electron chi connectivity index (χ0n) is 3.22. The van der Waals surface area contributed by atoms with Crippen LogP contribution in [0.5, 0.6) is 0 Å². The summed E-state index contributed by atoms with van der Waals surface area (Å²) in [7, 11) is 0. The Bertz CT molecular complexity index is 80.0. The maximum Gasteiger partial charge on any atom is 0.147 e. The quantitative estimate of drug-likeness (QED) is 0.425. The standard InChI is InChI=1S/C4H4NO/c5-3-4-1-2-6-4/h2,4H,1H2. The maximum atomic E-state index is 7.99. The number of hydrogen-bond donors (Lipinski definition) is 0. The second-order valence-electron chi connectivity index (χ2n) is 1.16. The van der Waals surface area contributed by atoms with Gasteiger partial charge in [-0.2, -0.15) is 5.26 Å². The van der Waals surface area contributed by atoms with Crippen LogP contribution in [0.4, 0.5) is 0 Å². The molecule has 1 aliphatic rings. The molecule has 1 unspecified atom stereocenters. The summed E-state index contributed by atoms with van der Waals surface area (Å²) in [6, 6.07) is 1.95. The third kappa shape index (κ3) is 0.373. The SMILES string of the molecule is N#CC1C[CH]O1. The predicted molar refractivity (Wildman–Crippen MR) is 19.4 cm³/mol. The van der Waals surface area contributed by atoms with Crippen molar-refractivity contribution in [3.63, 3.8) is 0 Å². The minimum atomic E-state index is -0.134. The largest absolute Gasteiger partial charge is 0.357 e. The molecule has 0 aromatic rings. The predicted octanol–water partition coefficient (Wildman–Crippen LogP) is 0.461. The molecule has 0 aliphatic carbocycles. The summed E-state index contributed by atoms with van der Waals surface area (Å²) in [6.45, 7) is 1.63. The molecule has 6 heavy (non-hydrogen) atoms. The van der Waals surface area contributed by atoms with Crippen LogP contribution in [-0.4, -0.2) is 6.10 Å². The van der Waals surface area contributed by atoms with Crippen molar-refractivity contribution in [1.82, 2.24) is 0 Å². The lowest BCUT2D eigenvalue weighted by molar-refractivity contribution is 0.0499. The lowest BCUT2D eigenvalue weighted by Gasteiger charge is -2.16. The number of rotatable bonds is 0. The highest BCUT2D eigenvalue weighted by atomic mass is 16.5. The van der Waals surface area contributed by atoms with Gasteiger partial charge in [0.15, 0.2) is 0 Å². The molecule has 1 aliphatic heterocycles. The highest BCUT2D eigenvalue weighted by Gasteiger charge is 2.16. The van der Waals surface area contributed by atoms with Gasteiger partial charge in [-0.05, 0) is 0 Å². The van der Waals surface area contributed by atoms with Gasteiger partial charge in [-0.25, -0.2) is 0 Å². The van der Waals surface area contributed by atoms with Gasteiger partial charge in [0.2, 0.25) is 0 Å². The minimum Gasteiger partial charge on any atom is -0.357 e. The lowest BCUT2D eigenvalue weighted by Crippen LogP contribution is -2.19. The molecule has 0 aromatic heterocycles. The Labute approximate surface area is 36.3 Å². The summed E-state index contributed by atoms with van der Waals surface area (Å²) in [5.41, 5.74) is 0. The summed E-state index contributed by atoms with van der Waals surface area (Å²) in [6.07, 6.45) is 0.668. The van der Waals surface area contributed by atoms with E-state index in [0.717, 1.165) is 6.42 Å². The van der Waals surface area contributed by atoms with Crippen molar-refractivity contribution < 1.29 is 4.74 Å². The second kappa shape index (κ2) is 1.27. The normalized spacial score (nSPS) is 30.8. The summed E-state index contributed by atoms with van der Waals surface area (Å²) < 4.78 is 4.59. The van der Waals surface area contributed by atoms with Crippen molar-refractivity contribution in [2.45, 2.75) is 12.5 Å². The Morgan fingerprint density at radius 3 is 2.67 bits per heavy atom. The molecule has 0 saturated carbocycles. The summed E-state index contributed by atoms with van der Waals surface area (Å²) in [5.74, 6) is 0. The zero-order chi connectivity index (χ0) is 4.41. The Balaban J connectivity index is 2.22. The molecular weight excluding hydrogens is 78.0 g/mol. The van der Waals surface area contributed by atoms with Crippen LogP contribution >= 0.6 is 0 Å². The van der Waals surface area contributed by atoms with Crippen LogP contribution < -0.4 is 0 Å². The van der Waals surface area contributed by atoms with Crippen LogP contribution in [0.3, 0.4) is 0 Å². The summed E-state index contributed by atoms with van der Waals surface area (Å²) in [4.78, 5) is 0. The van der Waals surface area contributed by atoms with Gasteiger partial charge in [0.05, 0.1) is 12.7 Å². The minimum absolute atomic E-state index is 0.134. The fourth-order valence-electron chi connectivity index (χ4n) is 0.276. The van der Waals surface area contributed by atoms with Gasteiger partial charge in [-0.1, -0.05) is 0 Å². The highest BCUT2D eigenvalue weighted by molar-refractivity contribution is 4.93. The monoisotopic (exact) mass is 82.0 g/mol. The van der Waals surface area contributed by atoms with Crippen LogP contribution in [0, 0.1) is 17.9 Å². The van der Waals surface area contributed by atoms with Gasteiger partial charge in [-0.15, -0.1) is 0 Å². The average molecular weight is 82.1 g/mol. The van der Waals surface area contributed by atoms with E-state index < -0.39 is 0 Å². The third-order valence-corrected chi connectivity index (χ3v) is 0.715. The topological polar surface area (TPSA) is 33.0 Å². The Morgan fingerprint density at radius 1 is 2.00 bits per heavy atom. The number of nitriles is 1.